The maximum absolute atomic E-state index is 12.8. The van der Waals surface area contributed by atoms with Gasteiger partial charge in [0.1, 0.15) is 5.75 Å². The van der Waals surface area contributed by atoms with Crippen molar-refractivity contribution in [3.8, 4) is 5.75 Å². The van der Waals surface area contributed by atoms with Gasteiger partial charge in [0.15, 0.2) is 0 Å². The number of hydrogen-bond donors (Lipinski definition) is 0. The van der Waals surface area contributed by atoms with Crippen LogP contribution in [-0.2, 0) is 16.0 Å². The first-order valence-electron chi connectivity index (χ1n) is 8.64. The maximum Gasteiger partial charge on any atom is 0.237 e. The lowest BCUT2D eigenvalue weighted by atomic mass is 9.95. The summed E-state index contributed by atoms with van der Waals surface area (Å²) in [5.41, 5.74) is 4.07. The zero-order valence-corrected chi connectivity index (χ0v) is 14.9. The van der Waals surface area contributed by atoms with Gasteiger partial charge in [0.05, 0.1) is 18.2 Å². The van der Waals surface area contributed by atoms with Crippen LogP contribution in [-0.4, -0.2) is 18.4 Å². The molecule has 1 aliphatic heterocycles. The molecule has 2 aromatic rings. The molecule has 130 valence electrons. The van der Waals surface area contributed by atoms with Gasteiger partial charge in [-0.15, -0.1) is 0 Å². The van der Waals surface area contributed by atoms with E-state index < -0.39 is 0 Å². The number of nitrogens with zero attached hydrogens (tertiary/aromatic N) is 1. The standard InChI is InChI=1S/C21H23NO3/c1-4-25-19-7-5-18(6-8-19)22-20(23)13-17(21(22)24)12-16-10-14(2)9-15(3)11-16/h5-11,17H,4,12-13H2,1-3H3/t17-/m1/s1. The van der Waals surface area contributed by atoms with Gasteiger partial charge >= 0.3 is 0 Å². The minimum Gasteiger partial charge on any atom is -0.494 e. The van der Waals surface area contributed by atoms with Crippen LogP contribution >= 0.6 is 0 Å². The second-order valence-corrected chi connectivity index (χ2v) is 6.60. The number of imide groups is 1. The van der Waals surface area contributed by atoms with Gasteiger partial charge in [-0.25, -0.2) is 0 Å². The molecule has 1 heterocycles. The molecule has 0 aliphatic carbocycles. The fourth-order valence-electron chi connectivity index (χ4n) is 3.46. The van der Waals surface area contributed by atoms with Crippen LogP contribution in [0.5, 0.6) is 5.75 Å². The second-order valence-electron chi connectivity index (χ2n) is 6.60. The smallest absolute Gasteiger partial charge is 0.237 e. The molecule has 1 saturated heterocycles. The molecule has 1 fully saturated rings. The molecule has 0 radical (unpaired) electrons. The summed E-state index contributed by atoms with van der Waals surface area (Å²) < 4.78 is 5.41. The van der Waals surface area contributed by atoms with Crippen LogP contribution < -0.4 is 9.64 Å². The summed E-state index contributed by atoms with van der Waals surface area (Å²) in [7, 11) is 0. The van der Waals surface area contributed by atoms with Crippen molar-refractivity contribution in [2.75, 3.05) is 11.5 Å². The summed E-state index contributed by atoms with van der Waals surface area (Å²) in [6, 6.07) is 13.4. The number of hydrogen-bond acceptors (Lipinski definition) is 3. The van der Waals surface area contributed by atoms with Gasteiger partial charge in [0.25, 0.3) is 0 Å². The predicted octanol–water partition coefficient (Wildman–Crippen LogP) is 3.82. The van der Waals surface area contributed by atoms with Gasteiger partial charge in [0, 0.05) is 6.42 Å². The van der Waals surface area contributed by atoms with E-state index in [1.807, 2.05) is 20.8 Å². The average molecular weight is 337 g/mol. The van der Waals surface area contributed by atoms with Crippen molar-refractivity contribution in [2.24, 2.45) is 5.92 Å². The highest BCUT2D eigenvalue weighted by molar-refractivity contribution is 6.21. The highest BCUT2D eigenvalue weighted by Crippen LogP contribution is 2.30. The third-order valence-electron chi connectivity index (χ3n) is 4.41. The first-order valence-corrected chi connectivity index (χ1v) is 8.64. The number of carbonyl (C=O) groups excluding carboxylic acids is 2. The van der Waals surface area contributed by atoms with Crippen molar-refractivity contribution in [3.63, 3.8) is 0 Å². The van der Waals surface area contributed by atoms with Crippen LogP contribution in [0.2, 0.25) is 0 Å². The van der Waals surface area contributed by atoms with Crippen molar-refractivity contribution in [3.05, 3.63) is 59.2 Å². The van der Waals surface area contributed by atoms with E-state index in [1.165, 1.54) is 16.0 Å². The van der Waals surface area contributed by atoms with E-state index in [0.717, 1.165) is 11.3 Å². The first-order chi connectivity index (χ1) is 12.0. The predicted molar refractivity (Wildman–Crippen MR) is 97.8 cm³/mol. The average Bonchev–Trinajstić information content (AvgIpc) is 2.82. The molecule has 0 N–H and O–H groups in total. The Labute approximate surface area is 148 Å². The molecule has 0 saturated carbocycles. The Morgan fingerprint density at radius 2 is 1.68 bits per heavy atom. The van der Waals surface area contributed by atoms with Crippen LogP contribution in [0.3, 0.4) is 0 Å². The monoisotopic (exact) mass is 337 g/mol. The van der Waals surface area contributed by atoms with E-state index in [9.17, 15) is 9.59 Å². The molecule has 0 spiro atoms. The summed E-state index contributed by atoms with van der Waals surface area (Å²) in [4.78, 5) is 26.5. The van der Waals surface area contributed by atoms with E-state index in [-0.39, 0.29) is 24.2 Å². The molecule has 25 heavy (non-hydrogen) atoms. The van der Waals surface area contributed by atoms with Crippen LogP contribution in [0.15, 0.2) is 42.5 Å². The topological polar surface area (TPSA) is 46.6 Å². The fraction of sp³-hybridized carbons (Fsp3) is 0.333. The highest BCUT2D eigenvalue weighted by Gasteiger charge is 2.39. The number of aryl methyl sites for hydroxylation is 2. The zero-order chi connectivity index (χ0) is 18.0. The Bertz CT molecular complexity index is 775. The molecular formula is C21H23NO3. The zero-order valence-electron chi connectivity index (χ0n) is 14.9. The Morgan fingerprint density at radius 1 is 1.04 bits per heavy atom. The Hall–Kier alpha value is -2.62. The van der Waals surface area contributed by atoms with Crippen molar-refractivity contribution in [1.82, 2.24) is 0 Å². The molecule has 4 nitrogen and oxygen atoms in total. The minimum absolute atomic E-state index is 0.117. The van der Waals surface area contributed by atoms with E-state index in [2.05, 4.69) is 18.2 Å². The highest BCUT2D eigenvalue weighted by atomic mass is 16.5. The second kappa shape index (κ2) is 7.09. The van der Waals surface area contributed by atoms with Gasteiger partial charge in [0.2, 0.25) is 11.8 Å². The number of benzene rings is 2. The van der Waals surface area contributed by atoms with E-state index in [4.69, 9.17) is 4.74 Å². The van der Waals surface area contributed by atoms with Crippen LogP contribution in [0, 0.1) is 19.8 Å². The lowest BCUT2D eigenvalue weighted by molar-refractivity contribution is -0.122. The summed E-state index contributed by atoms with van der Waals surface area (Å²) in [6.45, 7) is 6.59. The molecule has 1 atom stereocenters. The summed E-state index contributed by atoms with van der Waals surface area (Å²) in [5.74, 6) is 0.189. The molecule has 3 rings (SSSR count). The van der Waals surface area contributed by atoms with E-state index >= 15 is 0 Å². The molecule has 2 amide bonds. The van der Waals surface area contributed by atoms with Gasteiger partial charge in [-0.05, 0) is 57.0 Å². The third kappa shape index (κ3) is 3.73. The van der Waals surface area contributed by atoms with Crippen LogP contribution in [0.25, 0.3) is 0 Å². The summed E-state index contributed by atoms with van der Waals surface area (Å²) >= 11 is 0. The third-order valence-corrected chi connectivity index (χ3v) is 4.41. The number of rotatable bonds is 5. The quantitative estimate of drug-likeness (QED) is 0.779. The SMILES string of the molecule is CCOc1ccc(N2C(=O)C[C@@H](Cc3cc(C)cc(C)c3)C2=O)cc1. The van der Waals surface area contributed by atoms with Crippen molar-refractivity contribution in [1.29, 1.82) is 0 Å². The van der Waals surface area contributed by atoms with Crippen molar-refractivity contribution >= 4 is 17.5 Å². The largest absolute Gasteiger partial charge is 0.494 e. The van der Waals surface area contributed by atoms with E-state index in [1.54, 1.807) is 24.3 Å². The molecule has 0 bridgehead atoms. The summed E-state index contributed by atoms with van der Waals surface area (Å²) in [6.07, 6.45) is 0.861. The molecule has 4 heteroatoms. The molecule has 1 aliphatic rings. The number of amides is 2. The Balaban J connectivity index is 1.77. The number of carbonyl (C=O) groups is 2. The Morgan fingerprint density at radius 3 is 2.28 bits per heavy atom. The molecular weight excluding hydrogens is 314 g/mol. The lowest BCUT2D eigenvalue weighted by Crippen LogP contribution is -2.30. The van der Waals surface area contributed by atoms with Crippen molar-refractivity contribution < 1.29 is 14.3 Å². The number of anilines is 1. The van der Waals surface area contributed by atoms with Crippen LogP contribution in [0.4, 0.5) is 5.69 Å². The first kappa shape index (κ1) is 17.2. The van der Waals surface area contributed by atoms with Gasteiger partial charge in [-0.1, -0.05) is 29.3 Å². The maximum atomic E-state index is 12.8. The molecule has 2 aromatic carbocycles. The summed E-state index contributed by atoms with van der Waals surface area (Å²) in [5, 5.41) is 0. The van der Waals surface area contributed by atoms with Gasteiger partial charge in [-0.3, -0.25) is 14.5 Å². The van der Waals surface area contributed by atoms with Gasteiger partial charge < -0.3 is 4.74 Å². The Kier molecular flexibility index (Phi) is 4.88. The van der Waals surface area contributed by atoms with Crippen LogP contribution in [0.1, 0.15) is 30.0 Å². The molecule has 0 aromatic heterocycles. The number of ether oxygens (including phenoxy) is 1. The minimum atomic E-state index is -0.291. The normalized spacial score (nSPS) is 17.2. The van der Waals surface area contributed by atoms with Gasteiger partial charge in [-0.2, -0.15) is 0 Å². The molecule has 0 unspecified atom stereocenters. The van der Waals surface area contributed by atoms with Crippen molar-refractivity contribution in [2.45, 2.75) is 33.6 Å². The fourth-order valence-corrected chi connectivity index (χ4v) is 3.46. The van der Waals surface area contributed by atoms with E-state index in [0.29, 0.717) is 18.7 Å². The lowest BCUT2D eigenvalue weighted by Gasteiger charge is -2.16.